The van der Waals surface area contributed by atoms with Gasteiger partial charge in [-0.25, -0.2) is 9.97 Å². The highest BCUT2D eigenvalue weighted by Gasteiger charge is 1.98. The fraction of sp³-hybridized carbons (Fsp3) is 0.143. The van der Waals surface area contributed by atoms with Crippen molar-refractivity contribution in [1.82, 2.24) is 9.97 Å². The molecule has 58 valence electrons. The Morgan fingerprint density at radius 2 is 2.55 bits per heavy atom. The Labute approximate surface area is 78.3 Å². The van der Waals surface area contributed by atoms with Crippen LogP contribution in [-0.2, 0) is 0 Å². The van der Waals surface area contributed by atoms with Crippen LogP contribution in [0.2, 0.25) is 0 Å². The second-order valence-corrected chi connectivity index (χ2v) is 3.64. The Hall–Kier alpha value is -0.350. The van der Waals surface area contributed by atoms with Gasteiger partial charge in [0, 0.05) is 11.9 Å². The molecule has 1 heterocycles. The predicted molar refractivity (Wildman–Crippen MR) is 50.7 cm³/mol. The van der Waals surface area contributed by atoms with Gasteiger partial charge in [0.15, 0.2) is 0 Å². The predicted octanol–water partition coefficient (Wildman–Crippen LogP) is 2.52. The zero-order chi connectivity index (χ0) is 8.10. The topological polar surface area (TPSA) is 25.8 Å². The van der Waals surface area contributed by atoms with Crippen LogP contribution in [0, 0.1) is 0 Å². The molecule has 0 aromatic carbocycles. The van der Waals surface area contributed by atoms with Crippen molar-refractivity contribution in [2.75, 3.05) is 5.75 Å². The van der Waals surface area contributed by atoms with Crippen molar-refractivity contribution in [3.05, 3.63) is 29.7 Å². The van der Waals surface area contributed by atoms with Crippen molar-refractivity contribution in [1.29, 1.82) is 0 Å². The quantitative estimate of drug-likeness (QED) is 0.454. The van der Waals surface area contributed by atoms with Crippen LogP contribution in [0.25, 0.3) is 0 Å². The van der Waals surface area contributed by atoms with E-state index >= 15 is 0 Å². The normalized spacial score (nSPS) is 9.55. The minimum absolute atomic E-state index is 0.871. The molecule has 2 nitrogen and oxygen atoms in total. The van der Waals surface area contributed by atoms with Crippen molar-refractivity contribution in [3.63, 3.8) is 0 Å². The van der Waals surface area contributed by atoms with Gasteiger partial charge in [0.1, 0.15) is 11.4 Å². The van der Waals surface area contributed by atoms with E-state index in [1.165, 1.54) is 6.33 Å². The second kappa shape index (κ2) is 4.51. The van der Waals surface area contributed by atoms with Gasteiger partial charge in [-0.2, -0.15) is 0 Å². The largest absolute Gasteiger partial charge is 0.244 e. The Morgan fingerprint density at radius 3 is 3.18 bits per heavy atom. The van der Waals surface area contributed by atoms with E-state index in [4.69, 9.17) is 0 Å². The monoisotopic (exact) mass is 230 g/mol. The fourth-order valence-electron chi connectivity index (χ4n) is 0.546. The molecule has 0 radical (unpaired) electrons. The van der Waals surface area contributed by atoms with E-state index in [1.807, 2.05) is 6.08 Å². The van der Waals surface area contributed by atoms with Gasteiger partial charge in [0.25, 0.3) is 0 Å². The summed E-state index contributed by atoms with van der Waals surface area (Å²) >= 11 is 4.98. The lowest BCUT2D eigenvalue weighted by Gasteiger charge is -1.97. The molecule has 0 aliphatic rings. The molecule has 0 saturated carbocycles. The third-order valence-electron chi connectivity index (χ3n) is 0.972. The first-order chi connectivity index (χ1) is 5.34. The number of hydrogen-bond donors (Lipinski definition) is 0. The molecule has 0 amide bonds. The average Bonchev–Trinajstić information content (AvgIpc) is 2.03. The van der Waals surface area contributed by atoms with Crippen molar-refractivity contribution in [2.24, 2.45) is 0 Å². The van der Waals surface area contributed by atoms with Crippen molar-refractivity contribution in [2.45, 2.75) is 5.03 Å². The van der Waals surface area contributed by atoms with Crippen molar-refractivity contribution >= 4 is 27.7 Å². The zero-order valence-corrected chi connectivity index (χ0v) is 8.23. The molecule has 4 heteroatoms. The number of rotatable bonds is 3. The summed E-state index contributed by atoms with van der Waals surface area (Å²) in [6.45, 7) is 3.63. The lowest BCUT2D eigenvalue weighted by atomic mass is 10.7. The molecular formula is C7H7BrN2S. The molecule has 0 N–H and O–H groups in total. The van der Waals surface area contributed by atoms with Gasteiger partial charge >= 0.3 is 0 Å². The van der Waals surface area contributed by atoms with Crippen LogP contribution in [-0.4, -0.2) is 15.7 Å². The van der Waals surface area contributed by atoms with E-state index in [9.17, 15) is 0 Å². The molecule has 0 atom stereocenters. The van der Waals surface area contributed by atoms with Crippen LogP contribution in [0.15, 0.2) is 34.7 Å². The molecule has 0 fully saturated rings. The van der Waals surface area contributed by atoms with Crippen molar-refractivity contribution in [3.8, 4) is 0 Å². The van der Waals surface area contributed by atoms with E-state index in [1.54, 1.807) is 18.0 Å². The van der Waals surface area contributed by atoms with Crippen LogP contribution in [0.5, 0.6) is 0 Å². The first kappa shape index (κ1) is 8.74. The zero-order valence-electron chi connectivity index (χ0n) is 5.83. The Balaban J connectivity index is 2.69. The smallest absolute Gasteiger partial charge is 0.116 e. The first-order valence-corrected chi connectivity index (χ1v) is 4.81. The summed E-state index contributed by atoms with van der Waals surface area (Å²) in [6.07, 6.45) is 5.12. The fourth-order valence-corrected chi connectivity index (χ4v) is 1.70. The van der Waals surface area contributed by atoms with Crippen LogP contribution < -0.4 is 0 Å². The first-order valence-electron chi connectivity index (χ1n) is 3.04. The summed E-state index contributed by atoms with van der Waals surface area (Å²) in [6, 6.07) is 0. The molecule has 0 saturated heterocycles. The SMILES string of the molecule is C=CCSc1ncncc1Br. The van der Waals surface area contributed by atoms with Gasteiger partial charge in [-0.05, 0) is 15.9 Å². The second-order valence-electron chi connectivity index (χ2n) is 1.78. The summed E-state index contributed by atoms with van der Waals surface area (Å²) < 4.78 is 0.937. The van der Waals surface area contributed by atoms with Crippen LogP contribution >= 0.6 is 27.7 Å². The molecule has 0 bridgehead atoms. The number of aromatic nitrogens is 2. The van der Waals surface area contributed by atoms with Gasteiger partial charge in [-0.1, -0.05) is 6.08 Å². The van der Waals surface area contributed by atoms with Gasteiger partial charge < -0.3 is 0 Å². The summed E-state index contributed by atoms with van der Waals surface area (Å²) in [5.41, 5.74) is 0. The minimum Gasteiger partial charge on any atom is -0.244 e. The third-order valence-corrected chi connectivity index (χ3v) is 2.82. The average molecular weight is 231 g/mol. The molecule has 0 spiro atoms. The number of thioether (sulfide) groups is 1. The summed E-state index contributed by atoms with van der Waals surface area (Å²) in [7, 11) is 0. The molecule has 0 aliphatic heterocycles. The highest BCUT2D eigenvalue weighted by atomic mass is 79.9. The maximum atomic E-state index is 4.07. The molecular weight excluding hydrogens is 224 g/mol. The van der Waals surface area contributed by atoms with Gasteiger partial charge in [0.2, 0.25) is 0 Å². The van der Waals surface area contributed by atoms with Gasteiger partial charge in [-0.15, -0.1) is 18.3 Å². The van der Waals surface area contributed by atoms with E-state index < -0.39 is 0 Å². The summed E-state index contributed by atoms with van der Waals surface area (Å²) in [4.78, 5) is 7.93. The molecule has 1 rings (SSSR count). The summed E-state index contributed by atoms with van der Waals surface area (Å²) in [5.74, 6) is 0.871. The number of hydrogen-bond acceptors (Lipinski definition) is 3. The lowest BCUT2D eigenvalue weighted by Crippen LogP contribution is -1.83. The maximum absolute atomic E-state index is 4.07. The molecule has 0 unspecified atom stereocenters. The van der Waals surface area contributed by atoms with E-state index in [0.29, 0.717) is 0 Å². The highest BCUT2D eigenvalue weighted by molar-refractivity contribution is 9.10. The minimum atomic E-state index is 0.871. The van der Waals surface area contributed by atoms with E-state index in [0.717, 1.165) is 15.3 Å². The number of halogens is 1. The maximum Gasteiger partial charge on any atom is 0.116 e. The molecule has 11 heavy (non-hydrogen) atoms. The van der Waals surface area contributed by atoms with E-state index in [-0.39, 0.29) is 0 Å². The lowest BCUT2D eigenvalue weighted by molar-refractivity contribution is 1.03. The van der Waals surface area contributed by atoms with Crippen LogP contribution in [0.4, 0.5) is 0 Å². The Kier molecular flexibility index (Phi) is 3.59. The molecule has 1 aromatic rings. The van der Waals surface area contributed by atoms with Gasteiger partial charge in [0.05, 0.1) is 4.47 Å². The van der Waals surface area contributed by atoms with E-state index in [2.05, 4.69) is 32.5 Å². The standard InChI is InChI=1S/C7H7BrN2S/c1-2-3-11-7-6(8)4-9-5-10-7/h2,4-5H,1,3H2. The summed E-state index contributed by atoms with van der Waals surface area (Å²) in [5, 5.41) is 0.958. The Morgan fingerprint density at radius 1 is 1.73 bits per heavy atom. The van der Waals surface area contributed by atoms with Gasteiger partial charge in [-0.3, -0.25) is 0 Å². The van der Waals surface area contributed by atoms with Crippen molar-refractivity contribution < 1.29 is 0 Å². The van der Waals surface area contributed by atoms with Crippen LogP contribution in [0.1, 0.15) is 0 Å². The highest BCUT2D eigenvalue weighted by Crippen LogP contribution is 2.23. The number of nitrogens with zero attached hydrogens (tertiary/aromatic N) is 2. The van der Waals surface area contributed by atoms with Crippen LogP contribution in [0.3, 0.4) is 0 Å². The Bertz CT molecular complexity index is 252. The molecule has 0 aliphatic carbocycles. The molecule has 1 aromatic heterocycles. The third kappa shape index (κ3) is 2.63.